The van der Waals surface area contributed by atoms with Crippen molar-refractivity contribution in [1.82, 2.24) is 35.6 Å². The van der Waals surface area contributed by atoms with E-state index in [-0.39, 0.29) is 70.0 Å². The number of aliphatic hydroxyl groups excluding tert-OH is 1. The van der Waals surface area contributed by atoms with Gasteiger partial charge >= 0.3 is 6.09 Å². The smallest absolute Gasteiger partial charge is 0.407 e. The van der Waals surface area contributed by atoms with Crippen molar-refractivity contribution in [2.75, 3.05) is 192 Å². The van der Waals surface area contributed by atoms with E-state index in [0.29, 0.717) is 138 Å². The minimum absolute atomic E-state index is 0.00104. The predicted molar refractivity (Wildman–Crippen MR) is 385 cm³/mol. The molecule has 1 aliphatic heterocycles. The first-order valence-corrected chi connectivity index (χ1v) is 36.1. The molecule has 32 nitrogen and oxygen atoms in total. The number of ketones is 2. The van der Waals surface area contributed by atoms with Crippen molar-refractivity contribution >= 4 is 59.0 Å². The number of methoxy groups -OCH3 is 1. The van der Waals surface area contributed by atoms with E-state index in [1.54, 1.807) is 44.7 Å². The largest absolute Gasteiger partial charge is 0.447 e. The third-order valence-corrected chi connectivity index (χ3v) is 16.1. The summed E-state index contributed by atoms with van der Waals surface area (Å²) < 4.78 is 102. The van der Waals surface area contributed by atoms with Gasteiger partial charge in [-0.05, 0) is 55.0 Å². The third-order valence-electron chi connectivity index (χ3n) is 16.1. The van der Waals surface area contributed by atoms with Crippen LogP contribution in [0.1, 0.15) is 84.0 Å². The summed E-state index contributed by atoms with van der Waals surface area (Å²) in [6.45, 7) is 15.3. The molecular weight excluding hydrogens is 1420 g/mol. The summed E-state index contributed by atoms with van der Waals surface area (Å²) in [4.78, 5) is 134. The molecule has 3 aromatic rings. The van der Waals surface area contributed by atoms with Gasteiger partial charge in [0.1, 0.15) is 36.9 Å². The highest BCUT2D eigenvalue weighted by Gasteiger charge is 2.39. The Kier molecular flexibility index (Phi) is 45.9. The van der Waals surface area contributed by atoms with Gasteiger partial charge in [0.25, 0.3) is 11.8 Å². The molecule has 0 saturated heterocycles. The van der Waals surface area contributed by atoms with Gasteiger partial charge in [0, 0.05) is 80.7 Å². The number of hydrogen-bond acceptors (Lipinski definition) is 24. The van der Waals surface area contributed by atoms with Crippen LogP contribution in [0.15, 0.2) is 72.9 Å². The maximum absolute atomic E-state index is 15.5. The van der Waals surface area contributed by atoms with Gasteiger partial charge in [-0.1, -0.05) is 58.0 Å². The van der Waals surface area contributed by atoms with Crippen LogP contribution in [0.3, 0.4) is 0 Å². The van der Waals surface area contributed by atoms with E-state index in [1.165, 1.54) is 18.7 Å². The molecular formula is C74H110F2N8O24. The Morgan fingerprint density at radius 1 is 0.593 bits per heavy atom. The first-order chi connectivity index (χ1) is 51.9. The molecule has 0 fully saturated rings. The van der Waals surface area contributed by atoms with Crippen LogP contribution >= 0.6 is 0 Å². The van der Waals surface area contributed by atoms with Gasteiger partial charge in [-0.25, -0.2) is 13.6 Å². The second-order valence-corrected chi connectivity index (χ2v) is 25.8. The fourth-order valence-electron chi connectivity index (χ4n) is 10.6. The molecule has 1 aromatic heterocycles. The highest BCUT2D eigenvalue weighted by Crippen LogP contribution is 2.41. The van der Waals surface area contributed by atoms with Crippen LogP contribution in [-0.4, -0.2) is 289 Å². The molecule has 0 saturated carbocycles. The van der Waals surface area contributed by atoms with Crippen molar-refractivity contribution in [2.45, 2.75) is 97.4 Å². The molecule has 34 heteroatoms. The van der Waals surface area contributed by atoms with Crippen LogP contribution in [0.4, 0.5) is 13.6 Å². The Morgan fingerprint density at radius 3 is 1.55 bits per heavy atom. The average Bonchev–Trinajstić information content (AvgIpc) is 1.61. The first-order valence-electron chi connectivity index (χ1n) is 36.1. The van der Waals surface area contributed by atoms with Gasteiger partial charge in [-0.15, -0.1) is 0 Å². The summed E-state index contributed by atoms with van der Waals surface area (Å²) in [5, 5.41) is 20.6. The highest BCUT2D eigenvalue weighted by molar-refractivity contribution is 6.14. The Bertz CT molecular complexity index is 3220. The number of nitrogens with one attached hydrogen (secondary N) is 4. The number of rotatable bonds is 62. The quantitative estimate of drug-likeness (QED) is 0.0349. The highest BCUT2D eigenvalue weighted by atomic mass is 19.1. The fourth-order valence-corrected chi connectivity index (χ4v) is 10.6. The molecule has 8 amide bonds. The third kappa shape index (κ3) is 37.8. The molecule has 0 spiro atoms. The summed E-state index contributed by atoms with van der Waals surface area (Å²) in [5.41, 5.74) is 6.07. The summed E-state index contributed by atoms with van der Waals surface area (Å²) in [6.07, 6.45) is 0.854. The number of Topliss-reactive ketones (excluding diaryl/α,β-unsaturated/α-hetero) is 2. The van der Waals surface area contributed by atoms with Crippen LogP contribution < -0.4 is 27.0 Å². The van der Waals surface area contributed by atoms with E-state index >= 15 is 4.39 Å². The van der Waals surface area contributed by atoms with Gasteiger partial charge in [-0.2, -0.15) is 0 Å². The van der Waals surface area contributed by atoms with E-state index in [9.17, 15) is 57.4 Å². The lowest BCUT2D eigenvalue weighted by atomic mass is 9.82. The lowest BCUT2D eigenvalue weighted by Gasteiger charge is -2.41. The van der Waals surface area contributed by atoms with Gasteiger partial charge in [0.15, 0.2) is 11.6 Å². The molecule has 0 aliphatic carbocycles. The molecule has 0 radical (unpaired) electrons. The van der Waals surface area contributed by atoms with E-state index in [4.69, 9.17) is 67.3 Å². The molecule has 2 heterocycles. The number of alkyl carbamates (subject to hydrolysis) is 1. The molecule has 0 bridgehead atoms. The molecule has 5 atom stereocenters. The molecule has 604 valence electrons. The van der Waals surface area contributed by atoms with Gasteiger partial charge in [0.05, 0.1) is 177 Å². The van der Waals surface area contributed by atoms with Gasteiger partial charge in [-0.3, -0.25) is 48.1 Å². The van der Waals surface area contributed by atoms with Crippen LogP contribution in [0, 0.1) is 23.0 Å². The van der Waals surface area contributed by atoms with Crippen molar-refractivity contribution in [1.29, 1.82) is 0 Å². The first kappa shape index (κ1) is 92.3. The Labute approximate surface area is 629 Å². The minimum Gasteiger partial charge on any atom is -0.447 e. The van der Waals surface area contributed by atoms with Crippen LogP contribution in [0.25, 0.3) is 11.1 Å². The van der Waals surface area contributed by atoms with Crippen LogP contribution in [0.5, 0.6) is 0 Å². The van der Waals surface area contributed by atoms with Crippen molar-refractivity contribution in [2.24, 2.45) is 17.1 Å². The van der Waals surface area contributed by atoms with Crippen LogP contribution in [0.2, 0.25) is 0 Å². The number of hydrogen-bond donors (Lipinski definition) is 6. The van der Waals surface area contributed by atoms with E-state index < -0.39 is 139 Å². The monoisotopic (exact) mass is 1530 g/mol. The maximum Gasteiger partial charge on any atom is 0.407 e. The summed E-state index contributed by atoms with van der Waals surface area (Å²) in [6, 6.07) is 8.25. The van der Waals surface area contributed by atoms with Crippen molar-refractivity contribution in [3.8, 4) is 11.1 Å². The van der Waals surface area contributed by atoms with Crippen molar-refractivity contribution < 1.29 is 123 Å². The zero-order valence-corrected chi connectivity index (χ0v) is 62.9. The Morgan fingerprint density at radius 2 is 1.07 bits per heavy atom. The Balaban J connectivity index is 1.18. The molecule has 7 N–H and O–H groups in total. The SMILES string of the molecule is COCCOCCOCCOCCOCCOCCOCCOCCOCCOCCOCCOCCOC(=O)N[C@@H](C)C(=O)C[C@H](C)C(=O)N[C@@H](CC(N)=O)C(=O)N[C@@H](CCN(C(=O)CO)[C@@H](c1cc(-c2cc(F)ccc2F)cn1Cc1ccccc1)C(C)(C)C)C(=O)NCCCC(=O)CN1C(=O)C=CC1=O. The lowest BCUT2D eigenvalue weighted by Crippen LogP contribution is -2.56. The second kappa shape index (κ2) is 53.7. The number of carbonyl (C=O) groups is 10. The Hall–Kier alpha value is -8.10. The number of ether oxygens (including phenoxy) is 13. The van der Waals surface area contributed by atoms with E-state index in [2.05, 4.69) is 21.3 Å². The number of halogens is 2. The van der Waals surface area contributed by atoms with Crippen molar-refractivity contribution in [3.05, 3.63) is 95.8 Å². The molecule has 0 unspecified atom stereocenters. The zero-order valence-electron chi connectivity index (χ0n) is 62.9. The number of aromatic nitrogens is 1. The van der Waals surface area contributed by atoms with E-state index in [0.717, 1.165) is 40.8 Å². The molecule has 1 aliphatic rings. The summed E-state index contributed by atoms with van der Waals surface area (Å²) >= 11 is 0. The van der Waals surface area contributed by atoms with Crippen LogP contribution in [-0.2, 0) is 111 Å². The predicted octanol–water partition coefficient (Wildman–Crippen LogP) is 2.55. The average molecular weight is 1530 g/mol. The fraction of sp³-hybridized carbons (Fsp3) is 0.622. The van der Waals surface area contributed by atoms with Crippen molar-refractivity contribution in [3.63, 3.8) is 0 Å². The summed E-state index contributed by atoms with van der Waals surface area (Å²) in [5.74, 6) is -9.79. The number of imide groups is 1. The lowest BCUT2D eigenvalue weighted by molar-refractivity contribution is -0.141. The number of amides is 8. The number of carbonyl (C=O) groups excluding carboxylic acids is 10. The zero-order chi connectivity index (χ0) is 78.9. The normalized spacial score (nSPS) is 13.6. The standard InChI is InChI=1S/C74H110F2N8O24/c1-53(45-64(87)54(2)79-73(95)108-44-43-107-42-41-106-40-39-105-38-37-104-36-35-103-34-33-102-32-31-101-30-29-100-28-27-99-26-25-98-24-23-97-22-21-96-6)70(92)81-62(48-65(77)88)72(94)80-61(71(93)78-19-10-13-58(86)51-84-66(89)16-17-67(84)90)18-20-83(68(91)52-85)69(74(3,4)5)63-46-56(59-47-57(75)14-15-60(59)76)50-82(63)49-55-11-8-7-9-12-55/h7-9,11-12,14-17,46-47,50,53-54,61-62,69,85H,10,13,18-45,48-49,51-52H2,1-6H3,(H2,77,88)(H,78,93)(H,79,95)(H,80,94)(H,81,92)/t53-,54-,61-,62-,69-/m0/s1. The molecule has 4 rings (SSSR count). The number of nitrogens with zero attached hydrogens (tertiary/aromatic N) is 3. The number of nitrogens with two attached hydrogens (primary N) is 1. The number of aliphatic hydroxyl groups is 1. The maximum atomic E-state index is 15.5. The second-order valence-electron chi connectivity index (χ2n) is 25.8. The molecule has 108 heavy (non-hydrogen) atoms. The number of primary amides is 1. The summed E-state index contributed by atoms with van der Waals surface area (Å²) in [7, 11) is 1.62. The molecule has 2 aromatic carbocycles. The van der Waals surface area contributed by atoms with E-state index in [1.807, 2.05) is 30.3 Å². The number of benzene rings is 2. The minimum atomic E-state index is -1.75. The topological polar surface area (TPSA) is 396 Å². The van der Waals surface area contributed by atoms with Gasteiger partial charge < -0.3 is 103 Å². The van der Waals surface area contributed by atoms with Gasteiger partial charge in [0.2, 0.25) is 29.5 Å².